The summed E-state index contributed by atoms with van der Waals surface area (Å²) in [6.45, 7) is 5.97. The number of para-hydroxylation sites is 2. The second-order valence-corrected chi connectivity index (χ2v) is 9.10. The van der Waals surface area contributed by atoms with Crippen molar-refractivity contribution in [2.45, 2.75) is 11.8 Å². The van der Waals surface area contributed by atoms with Gasteiger partial charge in [0.15, 0.2) is 5.96 Å². The monoisotopic (exact) mass is 445 g/mol. The van der Waals surface area contributed by atoms with Gasteiger partial charge in [0, 0.05) is 46.3 Å². The maximum absolute atomic E-state index is 12.4. The van der Waals surface area contributed by atoms with Crippen LogP contribution in [0.15, 0.2) is 58.4 Å². The molecule has 0 unspecified atom stereocenters. The van der Waals surface area contributed by atoms with Crippen molar-refractivity contribution in [2.75, 3.05) is 58.3 Å². The molecule has 0 bridgehead atoms. The van der Waals surface area contributed by atoms with Gasteiger partial charge in [-0.1, -0.05) is 29.8 Å². The summed E-state index contributed by atoms with van der Waals surface area (Å²) in [4.78, 5) is 9.11. The summed E-state index contributed by atoms with van der Waals surface area (Å²) in [7, 11) is -0.0832. The Labute approximate surface area is 185 Å². The summed E-state index contributed by atoms with van der Waals surface area (Å²) in [5, 5.41) is 3.26. The van der Waals surface area contributed by atoms with Gasteiger partial charge in [-0.15, -0.1) is 0 Å². The van der Waals surface area contributed by atoms with Crippen LogP contribution in [0.5, 0.6) is 5.75 Å². The molecule has 1 fully saturated rings. The lowest BCUT2D eigenvalue weighted by atomic mass is 10.2. The number of rotatable bonds is 7. The number of guanidine groups is 1. The topological polar surface area (TPSA) is 86.3 Å². The van der Waals surface area contributed by atoms with Crippen LogP contribution in [0.3, 0.4) is 0 Å². The van der Waals surface area contributed by atoms with Crippen molar-refractivity contribution in [2.24, 2.45) is 4.99 Å². The summed E-state index contributed by atoms with van der Waals surface area (Å²) in [5.74, 6) is 1.65. The molecule has 2 N–H and O–H groups in total. The second-order valence-electron chi connectivity index (χ2n) is 7.33. The van der Waals surface area contributed by atoms with Crippen molar-refractivity contribution in [3.8, 4) is 5.75 Å². The molecule has 9 heteroatoms. The number of methoxy groups -OCH3 is 1. The minimum absolute atomic E-state index is 0.273. The molecule has 1 saturated heterocycles. The zero-order valence-corrected chi connectivity index (χ0v) is 19.2. The predicted octanol–water partition coefficient (Wildman–Crippen LogP) is 1.68. The number of nitrogens with zero attached hydrogens (tertiary/aromatic N) is 3. The van der Waals surface area contributed by atoms with Gasteiger partial charge in [0.2, 0.25) is 10.0 Å². The highest BCUT2D eigenvalue weighted by Crippen LogP contribution is 2.28. The number of ether oxygens (including phenoxy) is 1. The normalized spacial score (nSPS) is 15.1. The number of hydrogen-bond donors (Lipinski definition) is 2. The van der Waals surface area contributed by atoms with E-state index in [-0.39, 0.29) is 11.4 Å². The lowest BCUT2D eigenvalue weighted by Gasteiger charge is -2.38. The van der Waals surface area contributed by atoms with Gasteiger partial charge in [-0.25, -0.2) is 13.1 Å². The van der Waals surface area contributed by atoms with E-state index >= 15 is 0 Å². The molecule has 0 saturated carbocycles. The third kappa shape index (κ3) is 5.89. The van der Waals surface area contributed by atoms with E-state index in [9.17, 15) is 8.42 Å². The van der Waals surface area contributed by atoms with Crippen molar-refractivity contribution in [3.05, 3.63) is 54.1 Å². The first-order valence-electron chi connectivity index (χ1n) is 10.3. The molecule has 0 aromatic heterocycles. The maximum atomic E-state index is 12.4. The average Bonchev–Trinajstić information content (AvgIpc) is 2.79. The van der Waals surface area contributed by atoms with Crippen molar-refractivity contribution in [1.29, 1.82) is 0 Å². The van der Waals surface area contributed by atoms with Gasteiger partial charge < -0.3 is 19.9 Å². The summed E-state index contributed by atoms with van der Waals surface area (Å²) in [6, 6.07) is 14.8. The Morgan fingerprint density at radius 3 is 2.35 bits per heavy atom. The van der Waals surface area contributed by atoms with Crippen LogP contribution in [-0.2, 0) is 10.0 Å². The van der Waals surface area contributed by atoms with Crippen LogP contribution in [0.4, 0.5) is 5.69 Å². The van der Waals surface area contributed by atoms with E-state index in [1.165, 1.54) is 0 Å². The zero-order chi connectivity index (χ0) is 22.3. The fourth-order valence-corrected chi connectivity index (χ4v) is 4.57. The van der Waals surface area contributed by atoms with Gasteiger partial charge in [0.25, 0.3) is 0 Å². The van der Waals surface area contributed by atoms with Crippen LogP contribution >= 0.6 is 0 Å². The number of anilines is 1. The Balaban J connectivity index is 1.47. The standard InChI is InChI=1S/C22H31N5O3S/c1-18-8-10-19(11-9-18)31(28,29)25-13-12-24-22(23-2)27-16-14-26(15-17-27)20-6-4-5-7-21(20)30-3/h4-11,25H,12-17H2,1-3H3,(H,23,24). The number of aliphatic imine (C=N–C) groups is 1. The largest absolute Gasteiger partial charge is 0.495 e. The van der Waals surface area contributed by atoms with E-state index in [0.29, 0.717) is 6.54 Å². The highest BCUT2D eigenvalue weighted by molar-refractivity contribution is 7.89. The summed E-state index contributed by atoms with van der Waals surface area (Å²) in [5.41, 5.74) is 2.12. The van der Waals surface area contributed by atoms with E-state index in [2.05, 4.69) is 30.9 Å². The van der Waals surface area contributed by atoms with Crippen molar-refractivity contribution in [1.82, 2.24) is 14.9 Å². The molecule has 0 radical (unpaired) electrons. The first-order chi connectivity index (χ1) is 14.9. The second kappa shape index (κ2) is 10.5. The Hall–Kier alpha value is -2.78. The molecule has 1 aliphatic heterocycles. The highest BCUT2D eigenvalue weighted by atomic mass is 32.2. The zero-order valence-electron chi connectivity index (χ0n) is 18.3. The van der Waals surface area contributed by atoms with Crippen LogP contribution in [0.2, 0.25) is 0 Å². The third-order valence-corrected chi connectivity index (χ3v) is 6.73. The first-order valence-corrected chi connectivity index (χ1v) is 11.8. The van der Waals surface area contributed by atoms with Crippen LogP contribution in [-0.4, -0.2) is 72.7 Å². The Morgan fingerprint density at radius 2 is 1.71 bits per heavy atom. The number of sulfonamides is 1. The van der Waals surface area contributed by atoms with Gasteiger partial charge >= 0.3 is 0 Å². The van der Waals surface area contributed by atoms with Crippen molar-refractivity contribution >= 4 is 21.7 Å². The summed E-state index contributed by atoms with van der Waals surface area (Å²) >= 11 is 0. The lowest BCUT2D eigenvalue weighted by molar-refractivity contribution is 0.367. The van der Waals surface area contributed by atoms with Crippen LogP contribution in [0.25, 0.3) is 0 Å². The quantitative estimate of drug-likeness (QED) is 0.383. The molecule has 0 aliphatic carbocycles. The molecule has 2 aromatic rings. The minimum atomic E-state index is -3.51. The van der Waals surface area contributed by atoms with Crippen LogP contribution in [0, 0.1) is 6.92 Å². The molecular formula is C22H31N5O3S. The van der Waals surface area contributed by atoms with Gasteiger partial charge in [-0.05, 0) is 31.2 Å². The molecular weight excluding hydrogens is 414 g/mol. The maximum Gasteiger partial charge on any atom is 0.240 e. The molecule has 1 aliphatic rings. The molecule has 31 heavy (non-hydrogen) atoms. The van der Waals surface area contributed by atoms with E-state index in [1.807, 2.05) is 25.1 Å². The molecule has 3 rings (SSSR count). The number of aryl methyl sites for hydroxylation is 1. The summed E-state index contributed by atoms with van der Waals surface area (Å²) < 4.78 is 32.9. The van der Waals surface area contributed by atoms with E-state index in [1.54, 1.807) is 38.4 Å². The van der Waals surface area contributed by atoms with Gasteiger partial charge in [0.1, 0.15) is 5.75 Å². The van der Waals surface area contributed by atoms with E-state index in [0.717, 1.165) is 49.1 Å². The Kier molecular flexibility index (Phi) is 7.75. The van der Waals surface area contributed by atoms with Gasteiger partial charge in [0.05, 0.1) is 17.7 Å². The highest BCUT2D eigenvalue weighted by Gasteiger charge is 2.21. The predicted molar refractivity (Wildman–Crippen MR) is 125 cm³/mol. The summed E-state index contributed by atoms with van der Waals surface area (Å²) in [6.07, 6.45) is 0. The Bertz CT molecular complexity index is 984. The number of benzene rings is 2. The lowest BCUT2D eigenvalue weighted by Crippen LogP contribution is -2.53. The molecule has 8 nitrogen and oxygen atoms in total. The van der Waals surface area contributed by atoms with Gasteiger partial charge in [-0.2, -0.15) is 0 Å². The molecule has 168 valence electrons. The molecule has 0 spiro atoms. The Morgan fingerprint density at radius 1 is 1.03 bits per heavy atom. The third-order valence-electron chi connectivity index (χ3n) is 5.25. The smallest absolute Gasteiger partial charge is 0.240 e. The van der Waals surface area contributed by atoms with Gasteiger partial charge in [-0.3, -0.25) is 4.99 Å². The SMILES string of the molecule is CN=C(NCCNS(=O)(=O)c1ccc(C)cc1)N1CCN(c2ccccc2OC)CC1. The number of hydrogen-bond acceptors (Lipinski definition) is 5. The average molecular weight is 446 g/mol. The minimum Gasteiger partial charge on any atom is -0.495 e. The van der Waals surface area contributed by atoms with E-state index < -0.39 is 10.0 Å². The number of piperazine rings is 1. The molecule has 0 amide bonds. The van der Waals surface area contributed by atoms with Crippen LogP contribution < -0.4 is 19.7 Å². The van der Waals surface area contributed by atoms with Crippen molar-refractivity contribution < 1.29 is 13.2 Å². The first kappa shape index (κ1) is 22.9. The fraction of sp³-hybridized carbons (Fsp3) is 0.409. The molecule has 2 aromatic carbocycles. The molecule has 0 atom stereocenters. The fourth-order valence-electron chi connectivity index (χ4n) is 3.54. The van der Waals surface area contributed by atoms with E-state index in [4.69, 9.17) is 4.74 Å². The van der Waals surface area contributed by atoms with Crippen LogP contribution in [0.1, 0.15) is 5.56 Å². The van der Waals surface area contributed by atoms with Crippen molar-refractivity contribution in [3.63, 3.8) is 0 Å². The molecule has 1 heterocycles. The number of nitrogens with one attached hydrogen (secondary N) is 2.